The second-order valence-electron chi connectivity index (χ2n) is 13.7. The van der Waals surface area contributed by atoms with Crippen molar-refractivity contribution < 1.29 is 0 Å². The molecular weight excluding hydrogens is 609 g/mol. The van der Waals surface area contributed by atoms with E-state index in [1.807, 2.05) is 60.7 Å². The maximum atomic E-state index is 4.97. The Balaban J connectivity index is 1.16. The third-order valence-corrected chi connectivity index (χ3v) is 10.4. The number of nitrogens with zero attached hydrogens (tertiary/aromatic N) is 4. The van der Waals surface area contributed by atoms with Gasteiger partial charge in [-0.25, -0.2) is 15.0 Å². The van der Waals surface area contributed by atoms with Crippen molar-refractivity contribution in [2.45, 2.75) is 19.3 Å². The zero-order valence-corrected chi connectivity index (χ0v) is 27.8. The van der Waals surface area contributed by atoms with E-state index in [0.717, 1.165) is 22.4 Å². The predicted octanol–water partition coefficient (Wildman–Crippen LogP) is 11.4. The monoisotopic (exact) mass is 640 g/mol. The van der Waals surface area contributed by atoms with Crippen LogP contribution >= 0.6 is 0 Å². The minimum atomic E-state index is -0.0979. The van der Waals surface area contributed by atoms with E-state index in [1.54, 1.807) is 0 Å². The lowest BCUT2D eigenvalue weighted by Gasteiger charge is -2.23. The van der Waals surface area contributed by atoms with Crippen molar-refractivity contribution in [3.63, 3.8) is 0 Å². The van der Waals surface area contributed by atoms with Crippen LogP contribution < -0.4 is 0 Å². The minimum absolute atomic E-state index is 0.0979. The Morgan fingerprint density at radius 2 is 0.940 bits per heavy atom. The molecule has 236 valence electrons. The normalized spacial score (nSPS) is 13.2. The van der Waals surface area contributed by atoms with Gasteiger partial charge in [0.15, 0.2) is 17.5 Å². The van der Waals surface area contributed by atoms with Gasteiger partial charge in [0, 0.05) is 44.0 Å². The summed E-state index contributed by atoms with van der Waals surface area (Å²) in [4.78, 5) is 14.8. The van der Waals surface area contributed by atoms with Gasteiger partial charge in [-0.05, 0) is 58.0 Å². The Hall–Kier alpha value is -6.39. The minimum Gasteiger partial charge on any atom is -0.309 e. The van der Waals surface area contributed by atoms with E-state index in [0.29, 0.717) is 17.5 Å². The Morgan fingerprint density at radius 1 is 0.420 bits per heavy atom. The molecule has 0 amide bonds. The second-order valence-corrected chi connectivity index (χ2v) is 13.7. The molecule has 0 unspecified atom stereocenters. The summed E-state index contributed by atoms with van der Waals surface area (Å²) in [5.74, 6) is 1.96. The largest absolute Gasteiger partial charge is 0.309 e. The van der Waals surface area contributed by atoms with Gasteiger partial charge in [0.1, 0.15) is 0 Å². The summed E-state index contributed by atoms with van der Waals surface area (Å²) in [6.45, 7) is 4.73. The Morgan fingerprint density at radius 3 is 1.62 bits per heavy atom. The number of hydrogen-bond donors (Lipinski definition) is 0. The Bertz CT molecular complexity index is 2700. The average molecular weight is 641 g/mol. The van der Waals surface area contributed by atoms with Gasteiger partial charge in [-0.15, -0.1) is 0 Å². The third-order valence-electron chi connectivity index (χ3n) is 10.4. The lowest BCUT2D eigenvalue weighted by molar-refractivity contribution is 0.666. The first kappa shape index (κ1) is 28.6. The van der Waals surface area contributed by atoms with E-state index in [9.17, 15) is 0 Å². The molecule has 1 aliphatic carbocycles. The van der Waals surface area contributed by atoms with Crippen LogP contribution in [0.2, 0.25) is 0 Å². The Kier molecular flexibility index (Phi) is 6.19. The van der Waals surface area contributed by atoms with E-state index < -0.39 is 0 Å². The molecule has 0 atom stereocenters. The van der Waals surface area contributed by atoms with E-state index in [4.69, 9.17) is 15.0 Å². The fourth-order valence-electron chi connectivity index (χ4n) is 8.13. The summed E-state index contributed by atoms with van der Waals surface area (Å²) < 4.78 is 2.43. The van der Waals surface area contributed by atoms with Crippen LogP contribution in [0.15, 0.2) is 158 Å². The van der Waals surface area contributed by atoms with Crippen LogP contribution in [0.5, 0.6) is 0 Å². The maximum absolute atomic E-state index is 4.97. The lowest BCUT2D eigenvalue weighted by Crippen LogP contribution is -2.15. The van der Waals surface area contributed by atoms with Gasteiger partial charge in [0.25, 0.3) is 0 Å². The molecule has 0 bridgehead atoms. The molecule has 0 N–H and O–H groups in total. The highest BCUT2D eigenvalue weighted by Gasteiger charge is 2.37. The molecule has 7 aromatic carbocycles. The summed E-state index contributed by atoms with van der Waals surface area (Å²) >= 11 is 0. The van der Waals surface area contributed by atoms with Crippen LogP contribution in [0.1, 0.15) is 25.0 Å². The zero-order valence-electron chi connectivity index (χ0n) is 27.8. The molecule has 0 saturated carbocycles. The van der Waals surface area contributed by atoms with Gasteiger partial charge < -0.3 is 4.57 Å². The van der Waals surface area contributed by atoms with Crippen molar-refractivity contribution in [2.24, 2.45) is 0 Å². The van der Waals surface area contributed by atoms with Crippen LogP contribution in [0.25, 0.3) is 83.6 Å². The molecule has 10 rings (SSSR count). The number of para-hydroxylation sites is 1. The summed E-state index contributed by atoms with van der Waals surface area (Å²) in [5.41, 5.74) is 11.7. The van der Waals surface area contributed by atoms with Gasteiger partial charge in [-0.2, -0.15) is 0 Å². The molecule has 4 nitrogen and oxygen atoms in total. The van der Waals surface area contributed by atoms with E-state index >= 15 is 0 Å². The smallest absolute Gasteiger partial charge is 0.164 e. The van der Waals surface area contributed by atoms with Crippen LogP contribution in [0, 0.1) is 0 Å². The van der Waals surface area contributed by atoms with Gasteiger partial charge in [0.2, 0.25) is 0 Å². The summed E-state index contributed by atoms with van der Waals surface area (Å²) in [6.07, 6.45) is 0. The molecule has 9 aromatic rings. The quantitative estimate of drug-likeness (QED) is 0.192. The molecule has 0 fully saturated rings. The van der Waals surface area contributed by atoms with Crippen molar-refractivity contribution in [3.05, 3.63) is 169 Å². The molecule has 2 heterocycles. The summed E-state index contributed by atoms with van der Waals surface area (Å²) in [5, 5.41) is 5.07. The third kappa shape index (κ3) is 4.21. The predicted molar refractivity (Wildman–Crippen MR) is 206 cm³/mol. The molecule has 0 saturated heterocycles. The van der Waals surface area contributed by atoms with E-state index in [-0.39, 0.29) is 5.41 Å². The first-order chi connectivity index (χ1) is 24.6. The molecule has 0 spiro atoms. The van der Waals surface area contributed by atoms with E-state index in [2.05, 4.69) is 115 Å². The average Bonchev–Trinajstić information content (AvgIpc) is 3.64. The highest BCUT2D eigenvalue weighted by molar-refractivity contribution is 6.20. The molecule has 0 radical (unpaired) electrons. The number of rotatable bonds is 4. The van der Waals surface area contributed by atoms with Crippen molar-refractivity contribution in [1.82, 2.24) is 19.5 Å². The maximum Gasteiger partial charge on any atom is 0.164 e. The molecule has 0 aliphatic heterocycles. The van der Waals surface area contributed by atoms with Gasteiger partial charge in [-0.3, -0.25) is 0 Å². The standard InChI is InChI=1S/C46H32N4/c1-46(2)39-19-11-9-17-33(39)35-25-28-38-36(41(35)46)26-27-37-34-18-10-12-20-40(34)50(42(37)38)32-23-21-31(22-24-32)45-48-43(29-13-5-3-6-14-29)47-44(49-45)30-15-7-4-8-16-30/h3-28H,1-2H3. The summed E-state index contributed by atoms with van der Waals surface area (Å²) in [7, 11) is 0. The molecule has 4 heteroatoms. The van der Waals surface area contributed by atoms with Crippen LogP contribution in [0.3, 0.4) is 0 Å². The number of benzene rings is 7. The van der Waals surface area contributed by atoms with E-state index in [1.165, 1.54) is 54.8 Å². The summed E-state index contributed by atoms with van der Waals surface area (Å²) in [6, 6.07) is 55.8. The van der Waals surface area contributed by atoms with Gasteiger partial charge >= 0.3 is 0 Å². The van der Waals surface area contributed by atoms with Crippen molar-refractivity contribution >= 4 is 32.6 Å². The second kappa shape index (κ2) is 10.8. The number of fused-ring (bicyclic) bond motifs is 9. The van der Waals surface area contributed by atoms with Gasteiger partial charge in [0.05, 0.1) is 11.0 Å². The first-order valence-corrected chi connectivity index (χ1v) is 17.1. The number of hydrogen-bond acceptors (Lipinski definition) is 3. The zero-order chi connectivity index (χ0) is 33.4. The van der Waals surface area contributed by atoms with Crippen molar-refractivity contribution in [1.29, 1.82) is 0 Å². The van der Waals surface area contributed by atoms with Crippen LogP contribution in [-0.4, -0.2) is 19.5 Å². The van der Waals surface area contributed by atoms with Crippen molar-refractivity contribution in [2.75, 3.05) is 0 Å². The fraction of sp³-hybridized carbons (Fsp3) is 0.0652. The molecule has 2 aromatic heterocycles. The molecule has 50 heavy (non-hydrogen) atoms. The SMILES string of the molecule is CC1(C)c2ccccc2-c2ccc3c(ccc4c5ccccc5n(-c5ccc(-c6nc(-c7ccccc7)nc(-c7ccccc7)n6)cc5)c34)c21. The Labute approximate surface area is 290 Å². The fourth-order valence-corrected chi connectivity index (χ4v) is 8.13. The topological polar surface area (TPSA) is 43.6 Å². The van der Waals surface area contributed by atoms with Crippen LogP contribution in [0.4, 0.5) is 0 Å². The first-order valence-electron chi connectivity index (χ1n) is 17.1. The molecule has 1 aliphatic rings. The number of aromatic nitrogens is 4. The highest BCUT2D eigenvalue weighted by Crippen LogP contribution is 2.52. The van der Waals surface area contributed by atoms with Crippen LogP contribution in [-0.2, 0) is 5.41 Å². The van der Waals surface area contributed by atoms with Crippen molar-refractivity contribution in [3.8, 4) is 51.0 Å². The lowest BCUT2D eigenvalue weighted by atomic mass is 9.80. The van der Waals surface area contributed by atoms with Gasteiger partial charge in [-0.1, -0.05) is 141 Å². The highest BCUT2D eigenvalue weighted by atomic mass is 15.0. The molecular formula is C46H32N4.